The summed E-state index contributed by atoms with van der Waals surface area (Å²) in [4.78, 5) is 24.7. The molecule has 0 unspecified atom stereocenters. The largest absolute Gasteiger partial charge is 0.353 e. The molecule has 1 aliphatic heterocycles. The second kappa shape index (κ2) is 6.47. The van der Waals surface area contributed by atoms with Crippen molar-refractivity contribution in [2.24, 2.45) is 0 Å². The van der Waals surface area contributed by atoms with E-state index in [9.17, 15) is 4.79 Å². The van der Waals surface area contributed by atoms with Gasteiger partial charge in [-0.1, -0.05) is 6.92 Å². The molecule has 1 fully saturated rings. The van der Waals surface area contributed by atoms with E-state index in [4.69, 9.17) is 0 Å². The molecule has 6 nitrogen and oxygen atoms in total. The zero-order chi connectivity index (χ0) is 13.7. The molecule has 1 aromatic rings. The molecule has 0 bridgehead atoms. The number of nitrogens with zero attached hydrogens (tertiary/aromatic N) is 4. The van der Waals surface area contributed by atoms with Gasteiger partial charge < -0.3 is 15.1 Å². The SMILES string of the molecule is CCNC(=O)c1cnc(N2CCN(CC)CC2)cn1. The van der Waals surface area contributed by atoms with Crippen molar-refractivity contribution in [3.63, 3.8) is 0 Å². The van der Waals surface area contributed by atoms with Crippen molar-refractivity contribution in [2.45, 2.75) is 13.8 Å². The highest BCUT2D eigenvalue weighted by atomic mass is 16.1. The number of hydrogen-bond acceptors (Lipinski definition) is 5. The van der Waals surface area contributed by atoms with Crippen LogP contribution in [0.1, 0.15) is 24.3 Å². The Kier molecular flexibility index (Phi) is 4.68. The molecule has 1 aromatic heterocycles. The van der Waals surface area contributed by atoms with Crippen LogP contribution in [0.4, 0.5) is 5.82 Å². The predicted molar refractivity (Wildman–Crippen MR) is 74.4 cm³/mol. The monoisotopic (exact) mass is 263 g/mol. The number of nitrogens with one attached hydrogen (secondary N) is 1. The van der Waals surface area contributed by atoms with Crippen LogP contribution in [0.3, 0.4) is 0 Å². The molecule has 19 heavy (non-hydrogen) atoms. The van der Waals surface area contributed by atoms with Gasteiger partial charge in [0.1, 0.15) is 11.5 Å². The van der Waals surface area contributed by atoms with Gasteiger partial charge in [-0.25, -0.2) is 9.97 Å². The third kappa shape index (κ3) is 3.41. The van der Waals surface area contributed by atoms with Crippen molar-refractivity contribution in [2.75, 3.05) is 44.2 Å². The number of anilines is 1. The fraction of sp³-hybridized carbons (Fsp3) is 0.615. The third-order valence-corrected chi connectivity index (χ3v) is 3.35. The molecule has 6 heteroatoms. The minimum Gasteiger partial charge on any atom is -0.353 e. The molecular weight excluding hydrogens is 242 g/mol. The molecule has 0 spiro atoms. The van der Waals surface area contributed by atoms with Crippen molar-refractivity contribution in [3.05, 3.63) is 18.1 Å². The molecule has 104 valence electrons. The van der Waals surface area contributed by atoms with E-state index < -0.39 is 0 Å². The first-order chi connectivity index (χ1) is 9.24. The van der Waals surface area contributed by atoms with E-state index in [0.717, 1.165) is 38.5 Å². The fourth-order valence-corrected chi connectivity index (χ4v) is 2.15. The number of likely N-dealkylation sites (N-methyl/N-ethyl adjacent to an activating group) is 1. The van der Waals surface area contributed by atoms with E-state index in [1.807, 2.05) is 6.92 Å². The van der Waals surface area contributed by atoms with Gasteiger partial charge in [-0.15, -0.1) is 0 Å². The summed E-state index contributed by atoms with van der Waals surface area (Å²) in [6, 6.07) is 0. The molecule has 1 aliphatic rings. The molecule has 0 aromatic carbocycles. The first-order valence-corrected chi connectivity index (χ1v) is 6.82. The summed E-state index contributed by atoms with van der Waals surface area (Å²) in [5, 5.41) is 2.71. The van der Waals surface area contributed by atoms with Gasteiger partial charge in [0.2, 0.25) is 0 Å². The van der Waals surface area contributed by atoms with Crippen LogP contribution in [0, 0.1) is 0 Å². The predicted octanol–water partition coefficient (Wildman–Crippen LogP) is 0.368. The maximum absolute atomic E-state index is 11.6. The molecular formula is C13H21N5O. The van der Waals surface area contributed by atoms with Crippen molar-refractivity contribution >= 4 is 11.7 Å². The Morgan fingerprint density at radius 3 is 2.47 bits per heavy atom. The van der Waals surface area contributed by atoms with Crippen LogP contribution in [0.2, 0.25) is 0 Å². The summed E-state index contributed by atoms with van der Waals surface area (Å²) < 4.78 is 0. The van der Waals surface area contributed by atoms with Crippen LogP contribution >= 0.6 is 0 Å². The summed E-state index contributed by atoms with van der Waals surface area (Å²) in [6.45, 7) is 9.78. The van der Waals surface area contributed by atoms with Gasteiger partial charge in [0.15, 0.2) is 0 Å². The molecule has 2 heterocycles. The molecule has 0 radical (unpaired) electrons. The summed E-state index contributed by atoms with van der Waals surface area (Å²) in [7, 11) is 0. The van der Waals surface area contributed by atoms with Crippen LogP contribution < -0.4 is 10.2 Å². The van der Waals surface area contributed by atoms with Crippen LogP contribution in [-0.4, -0.2) is 60.0 Å². The van der Waals surface area contributed by atoms with E-state index >= 15 is 0 Å². The van der Waals surface area contributed by atoms with Crippen LogP contribution in [0.25, 0.3) is 0 Å². The first kappa shape index (κ1) is 13.7. The molecule has 1 saturated heterocycles. The third-order valence-electron chi connectivity index (χ3n) is 3.35. The van der Waals surface area contributed by atoms with Gasteiger partial charge in [0, 0.05) is 32.7 Å². The topological polar surface area (TPSA) is 61.4 Å². The highest BCUT2D eigenvalue weighted by Crippen LogP contribution is 2.12. The maximum atomic E-state index is 11.6. The zero-order valence-electron chi connectivity index (χ0n) is 11.6. The van der Waals surface area contributed by atoms with Gasteiger partial charge in [-0.05, 0) is 13.5 Å². The van der Waals surface area contributed by atoms with Crippen molar-refractivity contribution < 1.29 is 4.79 Å². The van der Waals surface area contributed by atoms with Gasteiger partial charge in [0.25, 0.3) is 5.91 Å². The van der Waals surface area contributed by atoms with Crippen LogP contribution in [0.5, 0.6) is 0 Å². The van der Waals surface area contributed by atoms with Gasteiger partial charge >= 0.3 is 0 Å². The Labute approximate surface area is 113 Å². The van der Waals surface area contributed by atoms with Crippen molar-refractivity contribution in [1.29, 1.82) is 0 Å². The van der Waals surface area contributed by atoms with Crippen LogP contribution in [-0.2, 0) is 0 Å². The maximum Gasteiger partial charge on any atom is 0.271 e. The minimum absolute atomic E-state index is 0.169. The minimum atomic E-state index is -0.169. The van der Waals surface area contributed by atoms with Crippen molar-refractivity contribution in [1.82, 2.24) is 20.2 Å². The smallest absolute Gasteiger partial charge is 0.271 e. The lowest BCUT2D eigenvalue weighted by Crippen LogP contribution is -2.46. The Bertz CT molecular complexity index is 412. The standard InChI is InChI=1S/C13H21N5O/c1-3-14-13(19)11-9-16-12(10-15-11)18-7-5-17(4-2)6-8-18/h9-10H,3-8H2,1-2H3,(H,14,19). The lowest BCUT2D eigenvalue weighted by atomic mass is 10.3. The molecule has 2 rings (SSSR count). The van der Waals surface area contributed by atoms with Crippen molar-refractivity contribution in [3.8, 4) is 0 Å². The summed E-state index contributed by atoms with van der Waals surface area (Å²) >= 11 is 0. The Hall–Kier alpha value is -1.69. The number of hydrogen-bond donors (Lipinski definition) is 1. The number of carbonyl (C=O) groups is 1. The number of rotatable bonds is 4. The normalized spacial score (nSPS) is 16.4. The lowest BCUT2D eigenvalue weighted by molar-refractivity contribution is 0.0950. The Morgan fingerprint density at radius 1 is 1.21 bits per heavy atom. The zero-order valence-corrected chi connectivity index (χ0v) is 11.6. The number of piperazine rings is 1. The van der Waals surface area contributed by atoms with Crippen LogP contribution in [0.15, 0.2) is 12.4 Å². The Morgan fingerprint density at radius 2 is 1.95 bits per heavy atom. The molecule has 1 N–H and O–H groups in total. The second-order valence-corrected chi connectivity index (χ2v) is 4.54. The lowest BCUT2D eigenvalue weighted by Gasteiger charge is -2.34. The highest BCUT2D eigenvalue weighted by molar-refractivity contribution is 5.91. The number of aromatic nitrogens is 2. The van der Waals surface area contributed by atoms with E-state index in [0.29, 0.717) is 12.2 Å². The molecule has 0 aliphatic carbocycles. The second-order valence-electron chi connectivity index (χ2n) is 4.54. The number of amides is 1. The Balaban J connectivity index is 1.97. The molecule has 0 atom stereocenters. The fourth-order valence-electron chi connectivity index (χ4n) is 2.15. The van der Waals surface area contributed by atoms with E-state index in [1.165, 1.54) is 0 Å². The van der Waals surface area contributed by atoms with Gasteiger partial charge in [0.05, 0.1) is 12.4 Å². The van der Waals surface area contributed by atoms with Gasteiger partial charge in [-0.3, -0.25) is 4.79 Å². The van der Waals surface area contributed by atoms with E-state index in [1.54, 1.807) is 12.4 Å². The summed E-state index contributed by atoms with van der Waals surface area (Å²) in [5.41, 5.74) is 0.373. The average molecular weight is 263 g/mol. The summed E-state index contributed by atoms with van der Waals surface area (Å²) in [6.07, 6.45) is 3.23. The average Bonchev–Trinajstić information content (AvgIpc) is 2.48. The molecule has 1 amide bonds. The quantitative estimate of drug-likeness (QED) is 0.850. The van der Waals surface area contributed by atoms with E-state index in [2.05, 4.69) is 32.0 Å². The van der Waals surface area contributed by atoms with Gasteiger partial charge in [-0.2, -0.15) is 0 Å². The summed E-state index contributed by atoms with van der Waals surface area (Å²) in [5.74, 6) is 0.682. The van der Waals surface area contributed by atoms with E-state index in [-0.39, 0.29) is 5.91 Å². The molecule has 0 saturated carbocycles. The first-order valence-electron chi connectivity index (χ1n) is 6.82. The highest BCUT2D eigenvalue weighted by Gasteiger charge is 2.17. The number of carbonyl (C=O) groups excluding carboxylic acids is 1.